The fourth-order valence-corrected chi connectivity index (χ4v) is 4.63. The summed E-state index contributed by atoms with van der Waals surface area (Å²) in [6.07, 6.45) is 4.19. The van der Waals surface area contributed by atoms with Gasteiger partial charge in [-0.05, 0) is 19.3 Å². The van der Waals surface area contributed by atoms with Crippen LogP contribution in [0.2, 0.25) is 0 Å². The van der Waals surface area contributed by atoms with Crippen LogP contribution in [0.5, 0.6) is 0 Å². The van der Waals surface area contributed by atoms with Crippen LogP contribution in [0.15, 0.2) is 12.7 Å². The quantitative estimate of drug-likeness (QED) is 0.652. The highest BCUT2D eigenvalue weighted by Gasteiger charge is 2.60. The first-order valence-electron chi connectivity index (χ1n) is 9.29. The van der Waals surface area contributed by atoms with Gasteiger partial charge in [-0.3, -0.25) is 9.59 Å². The minimum atomic E-state index is -1.28. The van der Waals surface area contributed by atoms with Crippen LogP contribution < -0.4 is 5.32 Å². The van der Waals surface area contributed by atoms with Crippen LogP contribution in [0, 0.1) is 0 Å². The van der Waals surface area contributed by atoms with Crippen LogP contribution >= 0.6 is 0 Å². The van der Waals surface area contributed by atoms with Crippen molar-refractivity contribution in [2.45, 2.75) is 69.3 Å². The maximum atomic E-state index is 11.7. The van der Waals surface area contributed by atoms with Crippen LogP contribution in [0.1, 0.15) is 52.0 Å². The van der Waals surface area contributed by atoms with Gasteiger partial charge in [0.2, 0.25) is 5.91 Å². The van der Waals surface area contributed by atoms with Crippen molar-refractivity contribution in [2.75, 3.05) is 5.32 Å². The molecule has 28 heavy (non-hydrogen) atoms. The molecule has 2 aliphatic rings. The zero-order valence-corrected chi connectivity index (χ0v) is 15.8. The third kappa shape index (κ3) is 2.92. The first kappa shape index (κ1) is 18.8. The van der Waals surface area contributed by atoms with Gasteiger partial charge in [-0.15, -0.1) is 0 Å². The van der Waals surface area contributed by atoms with Gasteiger partial charge in [-0.2, -0.15) is 0 Å². The van der Waals surface area contributed by atoms with Crippen LogP contribution in [0.3, 0.4) is 0 Å². The first-order valence-corrected chi connectivity index (χ1v) is 9.29. The van der Waals surface area contributed by atoms with E-state index >= 15 is 0 Å². The lowest BCUT2D eigenvalue weighted by Gasteiger charge is -2.48. The van der Waals surface area contributed by atoms with Gasteiger partial charge in [0.1, 0.15) is 12.4 Å². The predicted molar refractivity (Wildman–Crippen MR) is 97.2 cm³/mol. The monoisotopic (exact) mass is 389 g/mol. The van der Waals surface area contributed by atoms with E-state index in [1.807, 2.05) is 0 Å². The third-order valence-corrected chi connectivity index (χ3v) is 5.89. The average Bonchev–Trinajstić information content (AvgIpc) is 3.14. The Morgan fingerprint density at radius 3 is 2.57 bits per heavy atom. The van der Waals surface area contributed by atoms with E-state index < -0.39 is 29.3 Å². The van der Waals surface area contributed by atoms with Crippen LogP contribution in [0.4, 0.5) is 5.82 Å². The van der Waals surface area contributed by atoms with Crippen LogP contribution in [0.25, 0.3) is 11.2 Å². The van der Waals surface area contributed by atoms with Gasteiger partial charge < -0.3 is 24.8 Å². The molecule has 4 rings (SSSR count). The van der Waals surface area contributed by atoms with Crippen molar-refractivity contribution in [2.24, 2.45) is 0 Å². The number of fused-ring (bicyclic) bond motifs is 2. The summed E-state index contributed by atoms with van der Waals surface area (Å²) in [5.41, 5.74) is -1.69. The Kier molecular flexibility index (Phi) is 4.35. The minimum Gasteiger partial charge on any atom is -0.460 e. The second-order valence-electron chi connectivity index (χ2n) is 7.77. The second kappa shape index (κ2) is 6.49. The largest absolute Gasteiger partial charge is 0.460 e. The van der Waals surface area contributed by atoms with Gasteiger partial charge >= 0.3 is 5.97 Å². The maximum absolute atomic E-state index is 11.7. The Morgan fingerprint density at radius 1 is 1.18 bits per heavy atom. The summed E-state index contributed by atoms with van der Waals surface area (Å²) in [5, 5.41) is 24.7. The number of carbonyl (C=O) groups is 2. The molecular weight excluding hydrogens is 366 g/mol. The lowest BCUT2D eigenvalue weighted by molar-refractivity contribution is -0.200. The Labute approximate surface area is 160 Å². The minimum absolute atomic E-state index is 0.136. The number of amides is 1. The van der Waals surface area contributed by atoms with Crippen LogP contribution in [-0.4, -0.2) is 58.9 Å². The van der Waals surface area contributed by atoms with E-state index in [-0.39, 0.29) is 24.6 Å². The number of hydrogen-bond acceptors (Lipinski definition) is 8. The molecule has 0 bridgehead atoms. The summed E-state index contributed by atoms with van der Waals surface area (Å²) in [6, 6.07) is -0.461. The van der Waals surface area contributed by atoms with Crippen molar-refractivity contribution in [3.63, 3.8) is 0 Å². The number of nitrogens with zero attached hydrogens (tertiary/aromatic N) is 4. The van der Waals surface area contributed by atoms with Gasteiger partial charge in [-0.1, -0.05) is 0 Å². The van der Waals surface area contributed by atoms with Crippen LogP contribution in [-0.2, 0) is 14.3 Å². The first-order chi connectivity index (χ1) is 13.2. The number of anilines is 1. The number of carbonyl (C=O) groups excluding carboxylic acids is 2. The molecule has 150 valence electrons. The fraction of sp³-hybridized carbons (Fsp3) is 0.611. The maximum Gasteiger partial charge on any atom is 0.302 e. The van der Waals surface area contributed by atoms with Gasteiger partial charge in [-0.25, -0.2) is 15.0 Å². The second-order valence-corrected chi connectivity index (χ2v) is 7.77. The number of nitrogens with one attached hydrogen (secondary N) is 1. The Bertz CT molecular complexity index is 946. The molecular formula is C18H23N5O5. The highest BCUT2D eigenvalue weighted by Crippen LogP contribution is 2.52. The number of aromatic nitrogens is 4. The number of rotatable bonds is 3. The SMILES string of the molecule is CC(=O)Nc1ncnc2c1ncn2[C@H]1C[C@]2(O)CCC[C@@]2(O)C[C@@H]1OC(C)=O. The summed E-state index contributed by atoms with van der Waals surface area (Å²) in [4.78, 5) is 35.8. The standard InChI is InChI=1S/C18H23N5O5/c1-10(24)22-15-14-16(20-8-19-15)23(9-21-14)12-6-17(26)4-3-5-18(17,27)7-13(12)28-11(2)25/h8-9,12-13,26-27H,3-7H2,1-2H3,(H,19,20,22,24)/t12-,13-,17+,18+/m0/s1. The zero-order chi connectivity index (χ0) is 20.1. The zero-order valence-electron chi connectivity index (χ0n) is 15.8. The number of aliphatic hydroxyl groups is 2. The van der Waals surface area contributed by atoms with E-state index in [1.165, 1.54) is 26.5 Å². The van der Waals surface area contributed by atoms with Gasteiger partial charge in [0.15, 0.2) is 17.0 Å². The molecule has 0 radical (unpaired) electrons. The molecule has 0 aromatic carbocycles. The van der Waals surface area contributed by atoms with E-state index in [4.69, 9.17) is 4.74 Å². The summed E-state index contributed by atoms with van der Waals surface area (Å²) in [6.45, 7) is 2.69. The lowest BCUT2D eigenvalue weighted by Crippen LogP contribution is -2.59. The molecule has 2 aromatic rings. The topological polar surface area (TPSA) is 139 Å². The van der Waals surface area contributed by atoms with E-state index in [2.05, 4.69) is 20.3 Å². The number of ether oxygens (including phenoxy) is 1. The summed E-state index contributed by atoms with van der Waals surface area (Å²) < 4.78 is 7.25. The van der Waals surface area contributed by atoms with Gasteiger partial charge in [0, 0.05) is 26.7 Å². The van der Waals surface area contributed by atoms with E-state index in [9.17, 15) is 19.8 Å². The van der Waals surface area contributed by atoms with Crippen molar-refractivity contribution < 1.29 is 24.5 Å². The molecule has 2 saturated carbocycles. The van der Waals surface area contributed by atoms with Crippen molar-refractivity contribution in [3.8, 4) is 0 Å². The van der Waals surface area contributed by atoms with Crippen molar-refractivity contribution in [3.05, 3.63) is 12.7 Å². The molecule has 10 nitrogen and oxygen atoms in total. The van der Waals surface area contributed by atoms with Gasteiger partial charge in [0.05, 0.1) is 23.6 Å². The molecule has 3 N–H and O–H groups in total. The van der Waals surface area contributed by atoms with Crippen molar-refractivity contribution >= 4 is 28.9 Å². The predicted octanol–water partition coefficient (Wildman–Crippen LogP) is 0.697. The summed E-state index contributed by atoms with van der Waals surface area (Å²) in [7, 11) is 0. The highest BCUT2D eigenvalue weighted by molar-refractivity contribution is 5.95. The third-order valence-electron chi connectivity index (χ3n) is 5.89. The number of imidazole rings is 1. The number of esters is 1. The normalized spacial score (nSPS) is 32.1. The average molecular weight is 389 g/mol. The van der Waals surface area contributed by atoms with E-state index in [0.29, 0.717) is 30.4 Å². The Hall–Kier alpha value is -2.59. The number of hydrogen-bond donors (Lipinski definition) is 3. The molecule has 0 unspecified atom stereocenters. The Balaban J connectivity index is 1.77. The molecule has 0 spiro atoms. The molecule has 2 fully saturated rings. The smallest absolute Gasteiger partial charge is 0.302 e. The van der Waals surface area contributed by atoms with Gasteiger partial charge in [0.25, 0.3) is 0 Å². The molecule has 2 aliphatic carbocycles. The summed E-state index contributed by atoms with van der Waals surface area (Å²) >= 11 is 0. The molecule has 4 atom stereocenters. The molecule has 10 heteroatoms. The van der Waals surface area contributed by atoms with E-state index in [1.54, 1.807) is 4.57 Å². The fourth-order valence-electron chi connectivity index (χ4n) is 4.63. The highest BCUT2D eigenvalue weighted by atomic mass is 16.5. The van der Waals surface area contributed by atoms with Crippen molar-refractivity contribution in [1.29, 1.82) is 0 Å². The van der Waals surface area contributed by atoms with Crippen molar-refractivity contribution in [1.82, 2.24) is 19.5 Å². The molecule has 2 aromatic heterocycles. The van der Waals surface area contributed by atoms with E-state index in [0.717, 1.165) is 0 Å². The summed E-state index contributed by atoms with van der Waals surface area (Å²) in [5.74, 6) is -0.456. The lowest BCUT2D eigenvalue weighted by atomic mass is 9.70. The molecule has 0 aliphatic heterocycles. The molecule has 2 heterocycles. The Morgan fingerprint density at radius 2 is 1.89 bits per heavy atom. The molecule has 0 saturated heterocycles. The molecule has 1 amide bonds.